The van der Waals surface area contributed by atoms with Crippen LogP contribution >= 0.6 is 24.0 Å². The molecule has 0 radical (unpaired) electrons. The van der Waals surface area contributed by atoms with Crippen molar-refractivity contribution >= 4 is 51.7 Å². The van der Waals surface area contributed by atoms with E-state index in [-0.39, 0.29) is 18.2 Å². The first-order valence-electron chi connectivity index (χ1n) is 6.81. The summed E-state index contributed by atoms with van der Waals surface area (Å²) in [5.41, 5.74) is 1.34. The monoisotopic (exact) mass is 365 g/mol. The fourth-order valence-corrected chi connectivity index (χ4v) is 2.84. The van der Waals surface area contributed by atoms with E-state index in [4.69, 9.17) is 27.0 Å². The van der Waals surface area contributed by atoms with E-state index < -0.39 is 0 Å². The number of para-hydroxylation sites is 1. The number of thioether (sulfide) groups is 1. The molecule has 1 saturated heterocycles. The van der Waals surface area contributed by atoms with Crippen LogP contribution in [0.4, 0.5) is 0 Å². The van der Waals surface area contributed by atoms with Crippen molar-refractivity contribution in [2.75, 3.05) is 13.7 Å². The van der Waals surface area contributed by atoms with Crippen LogP contribution < -0.4 is 10.1 Å². The molecule has 0 bridgehead atoms. The van der Waals surface area contributed by atoms with Crippen LogP contribution in [0.2, 0.25) is 0 Å². The summed E-state index contributed by atoms with van der Waals surface area (Å²) in [7, 11) is 1.39. The SMILES string of the molecule is CO/N=C(COc1ccccc1/C=C1\SC(=S)NC1=O)/C(C)=N\O. The van der Waals surface area contributed by atoms with Gasteiger partial charge in [-0.2, -0.15) is 0 Å². The Morgan fingerprint density at radius 2 is 2.21 bits per heavy atom. The third kappa shape index (κ3) is 4.56. The molecule has 1 aliphatic rings. The van der Waals surface area contributed by atoms with E-state index >= 15 is 0 Å². The molecule has 0 aliphatic carbocycles. The molecule has 126 valence electrons. The lowest BCUT2D eigenvalue weighted by Gasteiger charge is -2.10. The van der Waals surface area contributed by atoms with Crippen LogP contribution in [0.15, 0.2) is 39.5 Å². The van der Waals surface area contributed by atoms with Gasteiger partial charge < -0.3 is 20.1 Å². The standard InChI is InChI=1S/C15H15N3O4S2/c1-9(17-20)11(18-21-2)8-22-12-6-4-3-5-10(12)7-13-14(19)16-15(23)24-13/h3-7,20H,8H2,1-2H3,(H,16,19,23)/b13-7-,17-9-,18-11+. The lowest BCUT2D eigenvalue weighted by molar-refractivity contribution is -0.115. The van der Waals surface area contributed by atoms with E-state index in [9.17, 15) is 4.79 Å². The number of nitrogens with zero attached hydrogens (tertiary/aromatic N) is 2. The Labute approximate surface area is 148 Å². The van der Waals surface area contributed by atoms with Gasteiger partial charge >= 0.3 is 0 Å². The van der Waals surface area contributed by atoms with Gasteiger partial charge in [-0.15, -0.1) is 0 Å². The molecule has 7 nitrogen and oxygen atoms in total. The van der Waals surface area contributed by atoms with Gasteiger partial charge in [0.05, 0.1) is 4.91 Å². The van der Waals surface area contributed by atoms with Crippen molar-refractivity contribution < 1.29 is 19.6 Å². The van der Waals surface area contributed by atoms with Crippen LogP contribution in [-0.2, 0) is 9.63 Å². The zero-order chi connectivity index (χ0) is 17.5. The zero-order valence-electron chi connectivity index (χ0n) is 13.0. The number of hydrogen-bond donors (Lipinski definition) is 2. The highest BCUT2D eigenvalue weighted by atomic mass is 32.2. The largest absolute Gasteiger partial charge is 0.486 e. The van der Waals surface area contributed by atoms with Gasteiger partial charge in [-0.05, 0) is 19.1 Å². The summed E-state index contributed by atoms with van der Waals surface area (Å²) in [4.78, 5) is 17.0. The summed E-state index contributed by atoms with van der Waals surface area (Å²) >= 11 is 6.17. The van der Waals surface area contributed by atoms with Gasteiger partial charge in [-0.25, -0.2) is 0 Å². The molecule has 0 spiro atoms. The van der Waals surface area contributed by atoms with E-state index in [1.54, 1.807) is 19.1 Å². The number of benzene rings is 1. The topological polar surface area (TPSA) is 92.5 Å². The van der Waals surface area contributed by atoms with E-state index in [2.05, 4.69) is 15.6 Å². The van der Waals surface area contributed by atoms with E-state index in [0.717, 1.165) is 5.56 Å². The Hall–Kier alpha value is -2.39. The Morgan fingerprint density at radius 1 is 1.46 bits per heavy atom. The molecule has 1 amide bonds. The molecule has 2 rings (SSSR count). The van der Waals surface area contributed by atoms with Crippen molar-refractivity contribution in [1.29, 1.82) is 0 Å². The molecule has 0 aromatic heterocycles. The lowest BCUT2D eigenvalue weighted by atomic mass is 10.2. The van der Waals surface area contributed by atoms with Gasteiger partial charge in [0.25, 0.3) is 5.91 Å². The smallest absolute Gasteiger partial charge is 0.263 e. The van der Waals surface area contributed by atoms with Crippen molar-refractivity contribution in [2.45, 2.75) is 6.92 Å². The molecule has 1 fully saturated rings. The summed E-state index contributed by atoms with van der Waals surface area (Å²) in [5, 5.41) is 18.3. The Bertz CT molecular complexity index is 744. The van der Waals surface area contributed by atoms with Gasteiger partial charge in [-0.1, -0.05) is 52.5 Å². The summed E-state index contributed by atoms with van der Waals surface area (Å²) in [6.45, 7) is 1.62. The van der Waals surface area contributed by atoms with Crippen LogP contribution in [0, 0.1) is 0 Å². The maximum absolute atomic E-state index is 11.8. The molecule has 0 saturated carbocycles. The van der Waals surface area contributed by atoms with Crippen molar-refractivity contribution in [1.82, 2.24) is 5.32 Å². The number of carbonyl (C=O) groups excluding carboxylic acids is 1. The van der Waals surface area contributed by atoms with Crippen molar-refractivity contribution in [3.63, 3.8) is 0 Å². The second kappa shape index (κ2) is 8.46. The molecular weight excluding hydrogens is 350 g/mol. The first kappa shape index (κ1) is 18.0. The van der Waals surface area contributed by atoms with Crippen molar-refractivity contribution in [2.24, 2.45) is 10.3 Å². The first-order chi connectivity index (χ1) is 11.5. The fourth-order valence-electron chi connectivity index (χ4n) is 1.80. The summed E-state index contributed by atoms with van der Waals surface area (Å²) in [6, 6.07) is 7.22. The molecule has 9 heteroatoms. The lowest BCUT2D eigenvalue weighted by Crippen LogP contribution is -2.20. The number of thiocarbonyl (C=S) groups is 1. The number of rotatable bonds is 6. The Morgan fingerprint density at radius 3 is 2.83 bits per heavy atom. The number of hydrogen-bond acceptors (Lipinski definition) is 8. The highest BCUT2D eigenvalue weighted by molar-refractivity contribution is 8.26. The molecule has 0 atom stereocenters. The first-order valence-corrected chi connectivity index (χ1v) is 8.03. The zero-order valence-corrected chi connectivity index (χ0v) is 14.6. The number of amides is 1. The summed E-state index contributed by atoms with van der Waals surface area (Å²) < 4.78 is 6.15. The summed E-state index contributed by atoms with van der Waals surface area (Å²) in [6.07, 6.45) is 1.70. The second-order valence-electron chi connectivity index (χ2n) is 4.58. The van der Waals surface area contributed by atoms with Gasteiger partial charge in [0.1, 0.15) is 35.2 Å². The molecule has 1 heterocycles. The van der Waals surface area contributed by atoms with Crippen molar-refractivity contribution in [3.8, 4) is 5.75 Å². The molecule has 2 N–H and O–H groups in total. The minimum atomic E-state index is -0.232. The molecule has 1 aromatic rings. The van der Waals surface area contributed by atoms with Crippen LogP contribution in [0.25, 0.3) is 6.08 Å². The van der Waals surface area contributed by atoms with Gasteiger partial charge in [-0.3, -0.25) is 4.79 Å². The quantitative estimate of drug-likeness (QED) is 0.264. The number of carbonyl (C=O) groups is 1. The van der Waals surface area contributed by atoms with Crippen molar-refractivity contribution in [3.05, 3.63) is 34.7 Å². The van der Waals surface area contributed by atoms with E-state index in [1.807, 2.05) is 18.2 Å². The highest BCUT2D eigenvalue weighted by Crippen LogP contribution is 2.29. The molecule has 0 unspecified atom stereocenters. The maximum atomic E-state index is 11.8. The minimum Gasteiger partial charge on any atom is -0.486 e. The molecular formula is C15H15N3O4S2. The normalized spacial score (nSPS) is 17.2. The third-order valence-electron chi connectivity index (χ3n) is 2.98. The number of oxime groups is 2. The maximum Gasteiger partial charge on any atom is 0.263 e. The fraction of sp³-hybridized carbons (Fsp3) is 0.200. The van der Waals surface area contributed by atoms with Crippen LogP contribution in [-0.4, -0.2) is 40.6 Å². The molecule has 1 aliphatic heterocycles. The Kier molecular flexibility index (Phi) is 6.33. The van der Waals surface area contributed by atoms with E-state index in [1.165, 1.54) is 18.9 Å². The van der Waals surface area contributed by atoms with Gasteiger partial charge in [0.2, 0.25) is 0 Å². The van der Waals surface area contributed by atoms with Crippen LogP contribution in [0.5, 0.6) is 5.75 Å². The van der Waals surface area contributed by atoms with E-state index in [0.29, 0.717) is 20.7 Å². The average molecular weight is 365 g/mol. The summed E-state index contributed by atoms with van der Waals surface area (Å²) in [5.74, 6) is 0.315. The average Bonchev–Trinajstić information content (AvgIpc) is 2.89. The highest BCUT2D eigenvalue weighted by Gasteiger charge is 2.22. The third-order valence-corrected chi connectivity index (χ3v) is 4.14. The predicted octanol–water partition coefficient (Wildman–Crippen LogP) is 2.41. The van der Waals surface area contributed by atoms with Gasteiger partial charge in [0, 0.05) is 5.56 Å². The molecule has 24 heavy (non-hydrogen) atoms. The second-order valence-corrected chi connectivity index (χ2v) is 6.30. The number of ether oxygens (including phenoxy) is 1. The van der Waals surface area contributed by atoms with Crippen LogP contribution in [0.3, 0.4) is 0 Å². The molecule has 1 aromatic carbocycles. The van der Waals surface area contributed by atoms with Crippen LogP contribution in [0.1, 0.15) is 12.5 Å². The predicted molar refractivity (Wildman–Crippen MR) is 97.6 cm³/mol. The van der Waals surface area contributed by atoms with Gasteiger partial charge in [0.15, 0.2) is 0 Å². The Balaban J connectivity index is 2.20. The number of nitrogens with one attached hydrogen (secondary N) is 1. The minimum absolute atomic E-state index is 0.0433.